The zero-order valence-corrected chi connectivity index (χ0v) is 14.9. The third kappa shape index (κ3) is 2.44. The molecule has 0 N–H and O–H groups in total. The topological polar surface area (TPSA) is 43.4 Å². The van der Waals surface area contributed by atoms with Gasteiger partial charge in [0.15, 0.2) is 5.78 Å². The second-order valence-corrected chi connectivity index (χ2v) is 6.66. The molecule has 0 radical (unpaired) electrons. The number of carbonyl (C=O) groups excluding carboxylic acids is 2. The number of methoxy groups -OCH3 is 1. The van der Waals surface area contributed by atoms with Crippen LogP contribution >= 0.6 is 0 Å². The van der Waals surface area contributed by atoms with Crippen LogP contribution in [0.25, 0.3) is 22.3 Å². The molecule has 0 saturated carbocycles. The quantitative estimate of drug-likeness (QED) is 0.483. The van der Waals surface area contributed by atoms with Gasteiger partial charge in [-0.1, -0.05) is 42.0 Å². The second-order valence-electron chi connectivity index (χ2n) is 6.66. The molecule has 0 spiro atoms. The molecule has 0 saturated heterocycles. The first-order valence-corrected chi connectivity index (χ1v) is 8.48. The molecule has 3 nitrogen and oxygen atoms in total. The van der Waals surface area contributed by atoms with Crippen LogP contribution < -0.4 is 0 Å². The molecule has 0 unspecified atom stereocenters. The van der Waals surface area contributed by atoms with E-state index >= 15 is 0 Å². The van der Waals surface area contributed by atoms with Crippen molar-refractivity contribution >= 4 is 11.8 Å². The Morgan fingerprint density at radius 1 is 0.769 bits per heavy atom. The summed E-state index contributed by atoms with van der Waals surface area (Å²) in [6.45, 7) is 3.86. The van der Waals surface area contributed by atoms with Crippen LogP contribution in [-0.4, -0.2) is 18.9 Å². The van der Waals surface area contributed by atoms with E-state index in [1.54, 1.807) is 0 Å². The van der Waals surface area contributed by atoms with Gasteiger partial charge in [-0.25, -0.2) is 4.79 Å². The van der Waals surface area contributed by atoms with Crippen molar-refractivity contribution in [1.29, 1.82) is 0 Å². The molecule has 4 rings (SSSR count). The Bertz CT molecular complexity index is 1080. The normalized spacial score (nSPS) is 11.9. The van der Waals surface area contributed by atoms with E-state index in [4.69, 9.17) is 4.74 Å². The molecule has 0 heterocycles. The summed E-state index contributed by atoms with van der Waals surface area (Å²) in [6.07, 6.45) is 0. The lowest BCUT2D eigenvalue weighted by atomic mass is 9.96. The van der Waals surface area contributed by atoms with E-state index in [-0.39, 0.29) is 11.8 Å². The summed E-state index contributed by atoms with van der Waals surface area (Å²) in [4.78, 5) is 24.8. The van der Waals surface area contributed by atoms with Crippen LogP contribution in [0.1, 0.15) is 37.4 Å². The molecule has 0 atom stereocenters. The molecule has 0 bridgehead atoms. The van der Waals surface area contributed by atoms with Gasteiger partial charge in [-0.15, -0.1) is 0 Å². The van der Waals surface area contributed by atoms with E-state index < -0.39 is 0 Å². The molecule has 3 aromatic rings. The first-order chi connectivity index (χ1) is 12.5. The number of ketones is 1. The average molecular weight is 342 g/mol. The van der Waals surface area contributed by atoms with E-state index in [0.29, 0.717) is 11.1 Å². The minimum Gasteiger partial charge on any atom is -0.465 e. The smallest absolute Gasteiger partial charge is 0.338 e. The summed E-state index contributed by atoms with van der Waals surface area (Å²) >= 11 is 0. The van der Waals surface area contributed by atoms with Crippen LogP contribution in [0, 0.1) is 13.8 Å². The zero-order chi connectivity index (χ0) is 18.4. The van der Waals surface area contributed by atoms with E-state index in [1.165, 1.54) is 7.11 Å². The maximum Gasteiger partial charge on any atom is 0.338 e. The lowest BCUT2D eigenvalue weighted by molar-refractivity contribution is 0.0600. The Labute approximate surface area is 152 Å². The summed E-state index contributed by atoms with van der Waals surface area (Å²) in [7, 11) is 1.38. The van der Waals surface area contributed by atoms with Gasteiger partial charge in [0.05, 0.1) is 12.7 Å². The van der Waals surface area contributed by atoms with Gasteiger partial charge in [-0.3, -0.25) is 4.79 Å². The molecule has 3 aromatic carbocycles. The standard InChI is InChI=1S/C23H18O3/c1-13-4-8-17-18-9-7-16(12-21(18)22(24)20(17)10-13)15-6-5-14(2)19(11-15)23(25)26-3/h4-12H,1-3H3. The number of rotatable bonds is 2. The molecule has 1 aliphatic rings. The molecule has 0 aliphatic heterocycles. The maximum absolute atomic E-state index is 12.8. The number of benzene rings is 3. The van der Waals surface area contributed by atoms with Crippen molar-refractivity contribution < 1.29 is 14.3 Å². The Hall–Kier alpha value is -3.20. The van der Waals surface area contributed by atoms with Gasteiger partial charge in [-0.05, 0) is 59.9 Å². The number of hydrogen-bond donors (Lipinski definition) is 0. The van der Waals surface area contributed by atoms with Crippen molar-refractivity contribution in [3.05, 3.63) is 82.4 Å². The number of aryl methyl sites for hydroxylation is 2. The third-order valence-corrected chi connectivity index (χ3v) is 4.95. The third-order valence-electron chi connectivity index (χ3n) is 4.95. The average Bonchev–Trinajstić information content (AvgIpc) is 2.93. The fourth-order valence-corrected chi connectivity index (χ4v) is 3.50. The predicted molar refractivity (Wildman–Crippen MR) is 102 cm³/mol. The van der Waals surface area contributed by atoms with E-state index in [1.807, 2.05) is 68.4 Å². The van der Waals surface area contributed by atoms with Gasteiger partial charge in [0.2, 0.25) is 0 Å². The Balaban J connectivity index is 1.82. The molecule has 0 amide bonds. The highest BCUT2D eigenvalue weighted by molar-refractivity contribution is 6.22. The first-order valence-electron chi connectivity index (χ1n) is 8.48. The Kier molecular flexibility index (Phi) is 3.73. The Morgan fingerprint density at radius 2 is 1.38 bits per heavy atom. The van der Waals surface area contributed by atoms with Crippen molar-refractivity contribution in [1.82, 2.24) is 0 Å². The number of carbonyl (C=O) groups is 2. The summed E-state index contributed by atoms with van der Waals surface area (Å²) in [5.74, 6) is -0.301. The Morgan fingerprint density at radius 3 is 2.12 bits per heavy atom. The van der Waals surface area contributed by atoms with Gasteiger partial charge in [0.25, 0.3) is 0 Å². The highest BCUT2D eigenvalue weighted by Crippen LogP contribution is 2.39. The largest absolute Gasteiger partial charge is 0.465 e. The summed E-state index contributed by atoms with van der Waals surface area (Å²) < 4.78 is 4.86. The summed E-state index contributed by atoms with van der Waals surface area (Å²) in [5, 5.41) is 0. The van der Waals surface area contributed by atoms with Crippen molar-refractivity contribution in [3.63, 3.8) is 0 Å². The fraction of sp³-hybridized carbons (Fsp3) is 0.130. The molecule has 128 valence electrons. The van der Waals surface area contributed by atoms with Gasteiger partial charge in [0, 0.05) is 11.1 Å². The van der Waals surface area contributed by atoms with Crippen LogP contribution in [-0.2, 0) is 4.74 Å². The van der Waals surface area contributed by atoms with E-state index in [0.717, 1.165) is 38.9 Å². The van der Waals surface area contributed by atoms with Gasteiger partial charge in [0.1, 0.15) is 0 Å². The molecule has 0 aromatic heterocycles. The highest BCUT2D eigenvalue weighted by Gasteiger charge is 2.27. The molecule has 26 heavy (non-hydrogen) atoms. The lowest BCUT2D eigenvalue weighted by Crippen LogP contribution is -2.04. The monoisotopic (exact) mass is 342 g/mol. The van der Waals surface area contributed by atoms with Gasteiger partial charge >= 0.3 is 5.97 Å². The molecule has 1 aliphatic carbocycles. The molecular formula is C23H18O3. The van der Waals surface area contributed by atoms with Gasteiger partial charge < -0.3 is 4.74 Å². The summed E-state index contributed by atoms with van der Waals surface area (Å²) in [6, 6.07) is 17.5. The first kappa shape index (κ1) is 16.3. The molecule has 0 fully saturated rings. The van der Waals surface area contributed by atoms with Crippen LogP contribution in [0.5, 0.6) is 0 Å². The van der Waals surface area contributed by atoms with Crippen LogP contribution in [0.2, 0.25) is 0 Å². The lowest BCUT2D eigenvalue weighted by Gasteiger charge is -2.09. The number of esters is 1. The van der Waals surface area contributed by atoms with E-state index in [9.17, 15) is 9.59 Å². The van der Waals surface area contributed by atoms with Crippen LogP contribution in [0.3, 0.4) is 0 Å². The van der Waals surface area contributed by atoms with Crippen molar-refractivity contribution in [2.75, 3.05) is 7.11 Å². The molecular weight excluding hydrogens is 324 g/mol. The van der Waals surface area contributed by atoms with Crippen LogP contribution in [0.4, 0.5) is 0 Å². The fourth-order valence-electron chi connectivity index (χ4n) is 3.50. The van der Waals surface area contributed by atoms with Crippen molar-refractivity contribution in [2.45, 2.75) is 13.8 Å². The summed E-state index contributed by atoms with van der Waals surface area (Å²) in [5.41, 5.74) is 7.70. The number of ether oxygens (including phenoxy) is 1. The molecule has 3 heteroatoms. The maximum atomic E-state index is 12.8. The number of hydrogen-bond acceptors (Lipinski definition) is 3. The van der Waals surface area contributed by atoms with Crippen molar-refractivity contribution in [2.24, 2.45) is 0 Å². The van der Waals surface area contributed by atoms with Gasteiger partial charge in [-0.2, -0.15) is 0 Å². The minimum atomic E-state index is -0.357. The SMILES string of the molecule is COC(=O)c1cc(-c2ccc3c(c2)C(=O)c2cc(C)ccc2-3)ccc1C. The minimum absolute atomic E-state index is 0.0563. The highest BCUT2D eigenvalue weighted by atomic mass is 16.5. The number of fused-ring (bicyclic) bond motifs is 3. The second kappa shape index (κ2) is 5.95. The predicted octanol–water partition coefficient (Wildman–Crippen LogP) is 4.97. The van der Waals surface area contributed by atoms with Crippen LogP contribution in [0.15, 0.2) is 54.6 Å². The van der Waals surface area contributed by atoms with E-state index in [2.05, 4.69) is 0 Å². The zero-order valence-electron chi connectivity index (χ0n) is 14.9. The van der Waals surface area contributed by atoms with Crippen molar-refractivity contribution in [3.8, 4) is 22.3 Å².